The van der Waals surface area contributed by atoms with Crippen molar-refractivity contribution in [3.05, 3.63) is 0 Å². The van der Waals surface area contributed by atoms with Crippen LogP contribution in [0.5, 0.6) is 0 Å². The fourth-order valence-electron chi connectivity index (χ4n) is 2.94. The minimum atomic E-state index is -2.01. The molecular weight excluding hydrogens is 287 g/mol. The van der Waals surface area contributed by atoms with Crippen molar-refractivity contribution >= 4 is 8.25 Å². The fourth-order valence-corrected chi connectivity index (χ4v) is 3.60. The minimum absolute atomic E-state index is 0.0787. The van der Waals surface area contributed by atoms with E-state index in [1.54, 1.807) is 0 Å². The third-order valence-electron chi connectivity index (χ3n) is 4.03. The molecule has 21 heavy (non-hydrogen) atoms. The first-order valence-electron chi connectivity index (χ1n) is 8.02. The lowest BCUT2D eigenvalue weighted by Gasteiger charge is -2.28. The summed E-state index contributed by atoms with van der Waals surface area (Å²) in [5, 5.41) is 0. The number of hydrogen-bond donors (Lipinski definition) is 0. The van der Waals surface area contributed by atoms with E-state index in [1.807, 2.05) is 13.8 Å². The standard InChI is InChI=1S/C16H32O4P/c1-11(2)20-21(17)18-9-8-15-14(10-16(5,6)7)12(3)13(4)19-15/h11-15H,8-10H2,1-7H3/q+1/t12?,13-,14+,15+/m0/s1. The first-order valence-corrected chi connectivity index (χ1v) is 9.12. The quantitative estimate of drug-likeness (QED) is 0.623. The molecule has 1 aliphatic heterocycles. The van der Waals surface area contributed by atoms with Gasteiger partial charge in [-0.05, 0) is 44.4 Å². The van der Waals surface area contributed by atoms with Crippen molar-refractivity contribution in [3.63, 3.8) is 0 Å². The maximum atomic E-state index is 11.5. The molecule has 0 spiro atoms. The van der Waals surface area contributed by atoms with E-state index in [1.165, 1.54) is 0 Å². The SMILES string of the molecule is CC(C)O[P+](=O)OCC[C@H]1O[C@@H](C)C(C)[C@H]1CC(C)(C)C. The fraction of sp³-hybridized carbons (Fsp3) is 1.00. The van der Waals surface area contributed by atoms with Gasteiger partial charge in [-0.15, -0.1) is 9.05 Å². The van der Waals surface area contributed by atoms with Gasteiger partial charge in [-0.1, -0.05) is 27.7 Å². The first kappa shape index (κ1) is 19.0. The molecule has 0 aromatic carbocycles. The third kappa shape index (κ3) is 6.73. The zero-order chi connectivity index (χ0) is 16.2. The number of rotatable bonds is 7. The molecule has 0 bridgehead atoms. The van der Waals surface area contributed by atoms with Gasteiger partial charge in [0.2, 0.25) is 0 Å². The van der Waals surface area contributed by atoms with Crippen LogP contribution in [0.3, 0.4) is 0 Å². The molecule has 4 nitrogen and oxygen atoms in total. The minimum Gasteiger partial charge on any atom is -0.375 e. The van der Waals surface area contributed by atoms with Crippen LogP contribution in [0, 0.1) is 17.3 Å². The second-order valence-electron chi connectivity index (χ2n) is 7.67. The van der Waals surface area contributed by atoms with Gasteiger partial charge in [-0.25, -0.2) is 0 Å². The predicted molar refractivity (Wildman–Crippen MR) is 85.5 cm³/mol. The Morgan fingerprint density at radius 1 is 1.24 bits per heavy atom. The maximum Gasteiger partial charge on any atom is 0.697 e. The van der Waals surface area contributed by atoms with Crippen LogP contribution in [0.1, 0.15) is 61.3 Å². The zero-order valence-corrected chi connectivity index (χ0v) is 15.5. The van der Waals surface area contributed by atoms with Crippen LogP contribution >= 0.6 is 8.25 Å². The average Bonchev–Trinajstić information content (AvgIpc) is 2.54. The Morgan fingerprint density at radius 3 is 2.38 bits per heavy atom. The lowest BCUT2D eigenvalue weighted by Crippen LogP contribution is -2.26. The van der Waals surface area contributed by atoms with Gasteiger partial charge in [0.25, 0.3) is 0 Å². The summed E-state index contributed by atoms with van der Waals surface area (Å²) in [5.74, 6) is 1.09. The molecule has 0 aliphatic carbocycles. The van der Waals surface area contributed by atoms with Gasteiger partial charge in [0.15, 0.2) is 0 Å². The van der Waals surface area contributed by atoms with E-state index in [0.29, 0.717) is 18.4 Å². The van der Waals surface area contributed by atoms with Crippen LogP contribution < -0.4 is 0 Å². The molecule has 0 saturated carbocycles. The Balaban J connectivity index is 2.46. The van der Waals surface area contributed by atoms with Crippen molar-refractivity contribution in [2.75, 3.05) is 6.61 Å². The molecule has 0 N–H and O–H groups in total. The van der Waals surface area contributed by atoms with E-state index in [2.05, 4.69) is 34.6 Å². The van der Waals surface area contributed by atoms with Crippen LogP contribution in [0.2, 0.25) is 0 Å². The Kier molecular flexibility index (Phi) is 7.26. The summed E-state index contributed by atoms with van der Waals surface area (Å²) in [6, 6.07) is 0. The molecule has 0 amide bonds. The van der Waals surface area contributed by atoms with Crippen LogP contribution in [-0.2, 0) is 18.3 Å². The maximum absolute atomic E-state index is 11.5. The normalized spacial score (nSPS) is 31.0. The van der Waals surface area contributed by atoms with Gasteiger partial charge in [0, 0.05) is 11.0 Å². The largest absolute Gasteiger partial charge is 0.697 e. The van der Waals surface area contributed by atoms with E-state index in [9.17, 15) is 4.57 Å². The van der Waals surface area contributed by atoms with E-state index in [4.69, 9.17) is 13.8 Å². The highest BCUT2D eigenvalue weighted by atomic mass is 31.1. The van der Waals surface area contributed by atoms with Gasteiger partial charge in [0.05, 0.1) is 12.2 Å². The molecule has 124 valence electrons. The summed E-state index contributed by atoms with van der Waals surface area (Å²) in [4.78, 5) is 0. The number of ether oxygens (including phenoxy) is 1. The molecule has 1 saturated heterocycles. The molecule has 5 heteroatoms. The zero-order valence-electron chi connectivity index (χ0n) is 14.6. The molecule has 2 unspecified atom stereocenters. The van der Waals surface area contributed by atoms with Gasteiger partial charge >= 0.3 is 8.25 Å². The highest BCUT2D eigenvalue weighted by Gasteiger charge is 2.41. The molecule has 1 heterocycles. The summed E-state index contributed by atoms with van der Waals surface area (Å²) in [6.45, 7) is 15.3. The van der Waals surface area contributed by atoms with Crippen molar-refractivity contribution in [1.29, 1.82) is 0 Å². The molecule has 5 atom stereocenters. The Morgan fingerprint density at radius 2 is 1.86 bits per heavy atom. The van der Waals surface area contributed by atoms with Crippen LogP contribution in [0.4, 0.5) is 0 Å². The summed E-state index contributed by atoms with van der Waals surface area (Å²) >= 11 is 0. The van der Waals surface area contributed by atoms with Gasteiger partial charge in [-0.2, -0.15) is 0 Å². The third-order valence-corrected chi connectivity index (χ3v) is 5.01. The number of hydrogen-bond acceptors (Lipinski definition) is 4. The lowest BCUT2D eigenvalue weighted by atomic mass is 9.76. The van der Waals surface area contributed by atoms with E-state index in [-0.39, 0.29) is 23.7 Å². The van der Waals surface area contributed by atoms with Crippen LogP contribution in [0.15, 0.2) is 0 Å². The molecule has 1 rings (SSSR count). The second-order valence-corrected chi connectivity index (χ2v) is 8.58. The molecular formula is C16H32O4P+. The van der Waals surface area contributed by atoms with E-state index < -0.39 is 8.25 Å². The van der Waals surface area contributed by atoms with Gasteiger partial charge < -0.3 is 4.74 Å². The van der Waals surface area contributed by atoms with Crippen molar-refractivity contribution in [2.24, 2.45) is 17.3 Å². The molecule has 1 fully saturated rings. The van der Waals surface area contributed by atoms with Crippen LogP contribution in [0.25, 0.3) is 0 Å². The van der Waals surface area contributed by atoms with Crippen molar-refractivity contribution in [1.82, 2.24) is 0 Å². The molecule has 1 aliphatic rings. The molecule has 0 aromatic heterocycles. The summed E-state index contributed by atoms with van der Waals surface area (Å²) in [5.41, 5.74) is 0.289. The lowest BCUT2D eigenvalue weighted by molar-refractivity contribution is 0.0218. The molecule has 0 aromatic rings. The van der Waals surface area contributed by atoms with Gasteiger partial charge in [-0.3, -0.25) is 0 Å². The monoisotopic (exact) mass is 319 g/mol. The van der Waals surface area contributed by atoms with Crippen molar-refractivity contribution in [3.8, 4) is 0 Å². The predicted octanol–water partition coefficient (Wildman–Crippen LogP) is 4.95. The summed E-state index contributed by atoms with van der Waals surface area (Å²) in [7, 11) is -2.01. The second kappa shape index (κ2) is 8.01. The van der Waals surface area contributed by atoms with Crippen molar-refractivity contribution in [2.45, 2.75) is 79.6 Å². The Labute approximate surface area is 130 Å². The summed E-state index contributed by atoms with van der Waals surface area (Å²) in [6.07, 6.45) is 2.31. The highest BCUT2D eigenvalue weighted by molar-refractivity contribution is 7.33. The smallest absolute Gasteiger partial charge is 0.375 e. The topological polar surface area (TPSA) is 44.8 Å². The van der Waals surface area contributed by atoms with Gasteiger partial charge in [0.1, 0.15) is 12.7 Å². The first-order chi connectivity index (χ1) is 9.60. The van der Waals surface area contributed by atoms with E-state index >= 15 is 0 Å². The Bertz CT molecular complexity index is 338. The van der Waals surface area contributed by atoms with E-state index in [0.717, 1.165) is 12.8 Å². The molecule has 0 radical (unpaired) electrons. The summed E-state index contributed by atoms with van der Waals surface area (Å²) < 4.78 is 28.0. The highest BCUT2D eigenvalue weighted by Crippen LogP contribution is 2.41. The average molecular weight is 319 g/mol. The Hall–Kier alpha value is -0.0200. The van der Waals surface area contributed by atoms with Crippen molar-refractivity contribution < 1.29 is 18.3 Å². The van der Waals surface area contributed by atoms with Crippen LogP contribution in [-0.4, -0.2) is 24.9 Å².